The zero-order chi connectivity index (χ0) is 43.8. The molecule has 10 aromatic rings. The van der Waals surface area contributed by atoms with Gasteiger partial charge >= 0.3 is 0 Å². The third-order valence-corrected chi connectivity index (χ3v) is 12.3. The fourth-order valence-electron chi connectivity index (χ4n) is 8.85. The van der Waals surface area contributed by atoms with Crippen molar-refractivity contribution < 1.29 is 0 Å². The average Bonchev–Trinajstić information content (AvgIpc) is 3.38. The first-order valence-corrected chi connectivity index (χ1v) is 22.6. The molecule has 7 aromatic carbocycles. The second kappa shape index (κ2) is 19.2. The van der Waals surface area contributed by atoms with Crippen LogP contribution < -0.4 is 0 Å². The zero-order valence-electron chi connectivity index (χ0n) is 36.6. The molecule has 10 rings (SSSR count). The smallest absolute Gasteiger partial charge is 0.0704 e. The van der Waals surface area contributed by atoms with E-state index in [4.69, 9.17) is 4.98 Å². The van der Waals surface area contributed by atoms with E-state index in [1.165, 1.54) is 72.3 Å². The van der Waals surface area contributed by atoms with Crippen molar-refractivity contribution >= 4 is 0 Å². The average molecular weight is 836 g/mol. The molecule has 3 heterocycles. The van der Waals surface area contributed by atoms with Gasteiger partial charge in [0, 0.05) is 35.3 Å². The maximum atomic E-state index is 4.74. The van der Waals surface area contributed by atoms with Crippen LogP contribution in [0.2, 0.25) is 0 Å². The number of aromatic nitrogens is 3. The van der Waals surface area contributed by atoms with Gasteiger partial charge in [-0.05, 0) is 147 Å². The van der Waals surface area contributed by atoms with Crippen LogP contribution in [-0.2, 0) is 25.7 Å². The SMILES string of the molecule is Cc1ccnc(-c2ccc(CCc3cc(CCc4ccc(-c5ccccn5)cc4)cc(-c4ccccc4-c4ccc(-c5ccccn5)cc4-c4ccc(-c5ccccc5)cc4)c3)cc2)c1. The number of pyridine rings is 3. The molecule has 0 aliphatic carbocycles. The van der Waals surface area contributed by atoms with Crippen LogP contribution >= 0.6 is 0 Å². The molecule has 312 valence electrons. The molecule has 3 aromatic heterocycles. The van der Waals surface area contributed by atoms with Crippen molar-refractivity contribution in [2.45, 2.75) is 32.6 Å². The topological polar surface area (TPSA) is 38.7 Å². The Labute approximate surface area is 382 Å². The van der Waals surface area contributed by atoms with Crippen LogP contribution in [0, 0.1) is 6.92 Å². The van der Waals surface area contributed by atoms with Crippen LogP contribution in [0.25, 0.3) is 78.3 Å². The molecule has 65 heavy (non-hydrogen) atoms. The van der Waals surface area contributed by atoms with Crippen molar-refractivity contribution in [3.05, 3.63) is 259 Å². The summed E-state index contributed by atoms with van der Waals surface area (Å²) in [5.41, 5.74) is 22.5. The number of hydrogen-bond acceptors (Lipinski definition) is 3. The molecule has 0 saturated heterocycles. The van der Waals surface area contributed by atoms with Crippen molar-refractivity contribution in [1.29, 1.82) is 0 Å². The molecule has 0 saturated carbocycles. The second-order valence-corrected chi connectivity index (χ2v) is 16.8. The molecular formula is C62H49N3. The van der Waals surface area contributed by atoms with Crippen LogP contribution in [-0.4, -0.2) is 15.0 Å². The molecular weight excluding hydrogens is 787 g/mol. The lowest BCUT2D eigenvalue weighted by Gasteiger charge is -2.18. The minimum absolute atomic E-state index is 0.932. The first-order valence-electron chi connectivity index (χ1n) is 22.6. The van der Waals surface area contributed by atoms with Crippen molar-refractivity contribution in [1.82, 2.24) is 15.0 Å². The number of nitrogens with zero attached hydrogens (tertiary/aromatic N) is 3. The van der Waals surface area contributed by atoms with Crippen LogP contribution in [0.4, 0.5) is 0 Å². The monoisotopic (exact) mass is 835 g/mol. The van der Waals surface area contributed by atoms with E-state index in [0.717, 1.165) is 59.5 Å². The van der Waals surface area contributed by atoms with Gasteiger partial charge in [0.25, 0.3) is 0 Å². The highest BCUT2D eigenvalue weighted by Gasteiger charge is 2.16. The highest BCUT2D eigenvalue weighted by Crippen LogP contribution is 2.41. The van der Waals surface area contributed by atoms with E-state index in [9.17, 15) is 0 Å². The first-order chi connectivity index (χ1) is 32.1. The molecule has 0 spiro atoms. The van der Waals surface area contributed by atoms with Crippen molar-refractivity contribution in [2.24, 2.45) is 0 Å². The highest BCUT2D eigenvalue weighted by atomic mass is 14.7. The van der Waals surface area contributed by atoms with E-state index in [0.29, 0.717) is 0 Å². The number of rotatable bonds is 13. The fourth-order valence-corrected chi connectivity index (χ4v) is 8.85. The predicted octanol–water partition coefficient (Wildman–Crippen LogP) is 15.4. The van der Waals surface area contributed by atoms with Gasteiger partial charge in [-0.2, -0.15) is 0 Å². The molecule has 0 aliphatic rings. The van der Waals surface area contributed by atoms with Crippen LogP contribution in [0.15, 0.2) is 231 Å². The lowest BCUT2D eigenvalue weighted by molar-refractivity contribution is 0.931. The first kappa shape index (κ1) is 41.0. The zero-order valence-corrected chi connectivity index (χ0v) is 36.6. The summed E-state index contributed by atoms with van der Waals surface area (Å²) in [6.45, 7) is 2.11. The normalized spacial score (nSPS) is 11.1. The molecule has 3 nitrogen and oxygen atoms in total. The molecule has 0 amide bonds. The molecule has 0 atom stereocenters. The van der Waals surface area contributed by atoms with Gasteiger partial charge in [0.1, 0.15) is 0 Å². The minimum atomic E-state index is 0.932. The summed E-state index contributed by atoms with van der Waals surface area (Å²) >= 11 is 0. The summed E-state index contributed by atoms with van der Waals surface area (Å²) in [6, 6.07) is 76.8. The van der Waals surface area contributed by atoms with E-state index < -0.39 is 0 Å². The summed E-state index contributed by atoms with van der Waals surface area (Å²) < 4.78 is 0. The maximum absolute atomic E-state index is 4.74. The Bertz CT molecular complexity index is 3160. The summed E-state index contributed by atoms with van der Waals surface area (Å²) in [6.07, 6.45) is 9.36. The lowest BCUT2D eigenvalue weighted by Crippen LogP contribution is -1.98. The van der Waals surface area contributed by atoms with Crippen LogP contribution in [0.1, 0.15) is 27.8 Å². The summed E-state index contributed by atoms with van der Waals surface area (Å²) in [5, 5.41) is 0. The van der Waals surface area contributed by atoms with Gasteiger partial charge < -0.3 is 0 Å². The number of aryl methyl sites for hydroxylation is 5. The van der Waals surface area contributed by atoms with Gasteiger partial charge in [0.2, 0.25) is 0 Å². The lowest BCUT2D eigenvalue weighted by atomic mass is 9.86. The van der Waals surface area contributed by atoms with Crippen molar-refractivity contribution in [2.75, 3.05) is 0 Å². The van der Waals surface area contributed by atoms with Gasteiger partial charge in [0.05, 0.1) is 17.1 Å². The molecule has 0 fully saturated rings. The molecule has 0 aliphatic heterocycles. The van der Waals surface area contributed by atoms with Gasteiger partial charge in [-0.15, -0.1) is 0 Å². The Kier molecular flexibility index (Phi) is 12.1. The van der Waals surface area contributed by atoms with E-state index >= 15 is 0 Å². The number of hydrogen-bond donors (Lipinski definition) is 0. The Morgan fingerprint density at radius 1 is 0.262 bits per heavy atom. The van der Waals surface area contributed by atoms with Gasteiger partial charge in [0.15, 0.2) is 0 Å². The van der Waals surface area contributed by atoms with Gasteiger partial charge in [-0.25, -0.2) is 0 Å². The predicted molar refractivity (Wildman–Crippen MR) is 270 cm³/mol. The van der Waals surface area contributed by atoms with E-state index in [1.54, 1.807) is 0 Å². The Morgan fingerprint density at radius 3 is 1.35 bits per heavy atom. The Balaban J connectivity index is 1.01. The van der Waals surface area contributed by atoms with Gasteiger partial charge in [-0.3, -0.25) is 15.0 Å². The maximum Gasteiger partial charge on any atom is 0.0704 e. The standard InChI is InChI=1S/C62H49N3/c1-44-35-38-65-62(39-44)53-27-23-46(24-28-53)18-20-48-40-47(19-17-45-21-25-52(26-22-45)60-15-7-9-36-63-60)41-55(42-48)56-13-5-6-14-57(56)58-34-33-54(61-16-8-10-37-64-61)43-59(58)51-31-29-50(30-32-51)49-11-3-2-4-12-49/h2-16,21-43H,17-20H2,1H3. The Hall–Kier alpha value is -8.01. The van der Waals surface area contributed by atoms with Crippen molar-refractivity contribution in [3.63, 3.8) is 0 Å². The highest BCUT2D eigenvalue weighted by molar-refractivity contribution is 5.93. The number of benzene rings is 7. The van der Waals surface area contributed by atoms with Gasteiger partial charge in [-0.1, -0.05) is 170 Å². The molecule has 0 bridgehead atoms. The van der Waals surface area contributed by atoms with E-state index in [-0.39, 0.29) is 0 Å². The van der Waals surface area contributed by atoms with E-state index in [1.807, 2.05) is 42.9 Å². The second-order valence-electron chi connectivity index (χ2n) is 16.8. The molecule has 3 heteroatoms. The van der Waals surface area contributed by atoms with Crippen molar-refractivity contribution in [3.8, 4) is 78.3 Å². The summed E-state index contributed by atoms with van der Waals surface area (Å²) in [4.78, 5) is 13.9. The summed E-state index contributed by atoms with van der Waals surface area (Å²) in [5.74, 6) is 0. The minimum Gasteiger partial charge on any atom is -0.256 e. The molecule has 0 unspecified atom stereocenters. The quantitative estimate of drug-likeness (QED) is 0.116. The van der Waals surface area contributed by atoms with Crippen LogP contribution in [0.5, 0.6) is 0 Å². The van der Waals surface area contributed by atoms with E-state index in [2.05, 4.69) is 205 Å². The third-order valence-electron chi connectivity index (χ3n) is 12.3. The molecule has 0 N–H and O–H groups in total. The van der Waals surface area contributed by atoms with Crippen LogP contribution in [0.3, 0.4) is 0 Å². The summed E-state index contributed by atoms with van der Waals surface area (Å²) in [7, 11) is 0. The fraction of sp³-hybridized carbons (Fsp3) is 0.0806. The largest absolute Gasteiger partial charge is 0.256 e. The third kappa shape index (κ3) is 9.66. The molecule has 0 radical (unpaired) electrons. The Morgan fingerprint density at radius 2 is 0.738 bits per heavy atom.